The Kier molecular flexibility index (Phi) is 4.55. The Hall–Kier alpha value is -1.51. The van der Waals surface area contributed by atoms with E-state index in [9.17, 15) is 4.79 Å². The molecule has 3 heteroatoms. The summed E-state index contributed by atoms with van der Waals surface area (Å²) in [5.74, 6) is 1.03. The maximum Gasteiger partial charge on any atom is 0.226 e. The van der Waals surface area contributed by atoms with Gasteiger partial charge in [-0.15, -0.1) is 0 Å². The van der Waals surface area contributed by atoms with Crippen LogP contribution in [0.15, 0.2) is 12.1 Å². The van der Waals surface area contributed by atoms with Crippen molar-refractivity contribution in [1.82, 2.24) is 4.90 Å². The number of ether oxygens (including phenoxy) is 1. The third-order valence-electron chi connectivity index (χ3n) is 2.96. The van der Waals surface area contributed by atoms with E-state index in [1.165, 1.54) is 0 Å². The molecule has 0 unspecified atom stereocenters. The summed E-state index contributed by atoms with van der Waals surface area (Å²) in [6.07, 6.45) is 1.36. The molecule has 0 aliphatic heterocycles. The van der Waals surface area contributed by atoms with Crippen LogP contribution < -0.4 is 4.74 Å². The van der Waals surface area contributed by atoms with Crippen LogP contribution >= 0.6 is 0 Å². The first kappa shape index (κ1) is 13.6. The van der Waals surface area contributed by atoms with Gasteiger partial charge in [-0.3, -0.25) is 4.79 Å². The highest BCUT2D eigenvalue weighted by Crippen LogP contribution is 2.24. The van der Waals surface area contributed by atoms with Gasteiger partial charge >= 0.3 is 0 Å². The zero-order valence-electron chi connectivity index (χ0n) is 11.3. The highest BCUT2D eigenvalue weighted by Gasteiger charge is 2.11. The number of hydrogen-bond donors (Lipinski definition) is 0. The number of hydrogen-bond acceptors (Lipinski definition) is 2. The first-order chi connectivity index (χ1) is 7.99. The van der Waals surface area contributed by atoms with Gasteiger partial charge in [0, 0.05) is 14.1 Å². The van der Waals surface area contributed by atoms with Crippen LogP contribution in [0.5, 0.6) is 5.75 Å². The highest BCUT2D eigenvalue weighted by molar-refractivity contribution is 5.78. The minimum atomic E-state index is 0.125. The summed E-state index contributed by atoms with van der Waals surface area (Å²) in [7, 11) is 5.24. The van der Waals surface area contributed by atoms with Crippen molar-refractivity contribution in [3.8, 4) is 5.75 Å². The molecule has 0 N–H and O–H groups in total. The van der Waals surface area contributed by atoms with E-state index < -0.39 is 0 Å². The van der Waals surface area contributed by atoms with E-state index in [1.54, 1.807) is 26.1 Å². The van der Waals surface area contributed by atoms with Gasteiger partial charge in [-0.2, -0.15) is 0 Å². The molecule has 17 heavy (non-hydrogen) atoms. The van der Waals surface area contributed by atoms with E-state index in [1.807, 2.05) is 13.0 Å². The number of carbonyl (C=O) groups is 1. The lowest BCUT2D eigenvalue weighted by Gasteiger charge is -2.15. The molecule has 0 heterocycles. The Bertz CT molecular complexity index is 411. The van der Waals surface area contributed by atoms with Crippen LogP contribution in [-0.2, 0) is 17.6 Å². The van der Waals surface area contributed by atoms with Crippen LogP contribution in [0, 0.1) is 6.92 Å². The number of aryl methyl sites for hydroxylation is 2. The summed E-state index contributed by atoms with van der Waals surface area (Å²) in [4.78, 5) is 13.3. The SMILES string of the molecule is CCc1cc(CC(=O)N(C)C)c(C)cc1OC. The van der Waals surface area contributed by atoms with Gasteiger partial charge in [0.2, 0.25) is 5.91 Å². The predicted molar refractivity (Wildman–Crippen MR) is 69.5 cm³/mol. The van der Waals surface area contributed by atoms with Crippen LogP contribution in [0.3, 0.4) is 0 Å². The molecule has 94 valence electrons. The normalized spacial score (nSPS) is 10.2. The fraction of sp³-hybridized carbons (Fsp3) is 0.500. The molecule has 0 aromatic heterocycles. The number of likely N-dealkylation sites (N-methyl/N-ethyl adjacent to an activating group) is 1. The summed E-state index contributed by atoms with van der Waals surface area (Å²) >= 11 is 0. The zero-order valence-corrected chi connectivity index (χ0v) is 11.3. The molecule has 0 bridgehead atoms. The topological polar surface area (TPSA) is 29.5 Å². The minimum absolute atomic E-state index is 0.125. The van der Waals surface area contributed by atoms with Gasteiger partial charge in [-0.25, -0.2) is 0 Å². The van der Waals surface area contributed by atoms with Crippen LogP contribution in [0.2, 0.25) is 0 Å². The lowest BCUT2D eigenvalue weighted by molar-refractivity contribution is -0.127. The second-order valence-electron chi connectivity index (χ2n) is 4.41. The molecular formula is C14H21NO2. The van der Waals surface area contributed by atoms with E-state index in [0.717, 1.165) is 28.9 Å². The Labute approximate surface area is 103 Å². The van der Waals surface area contributed by atoms with Crippen LogP contribution in [-0.4, -0.2) is 32.0 Å². The van der Waals surface area contributed by atoms with Crippen molar-refractivity contribution in [2.75, 3.05) is 21.2 Å². The van der Waals surface area contributed by atoms with Gasteiger partial charge in [0.15, 0.2) is 0 Å². The lowest BCUT2D eigenvalue weighted by atomic mass is 9.99. The second-order valence-corrected chi connectivity index (χ2v) is 4.41. The Morgan fingerprint density at radius 1 is 1.29 bits per heavy atom. The molecule has 0 spiro atoms. The van der Waals surface area contributed by atoms with E-state index in [2.05, 4.69) is 13.0 Å². The molecule has 1 aromatic rings. The molecule has 0 atom stereocenters. The molecule has 0 radical (unpaired) electrons. The summed E-state index contributed by atoms with van der Waals surface area (Å²) in [5, 5.41) is 0. The van der Waals surface area contributed by atoms with E-state index in [-0.39, 0.29) is 5.91 Å². The molecular weight excluding hydrogens is 214 g/mol. The first-order valence-electron chi connectivity index (χ1n) is 5.86. The van der Waals surface area contributed by atoms with Crippen LogP contribution in [0.25, 0.3) is 0 Å². The number of rotatable bonds is 4. The molecule has 0 fully saturated rings. The third kappa shape index (κ3) is 3.22. The smallest absolute Gasteiger partial charge is 0.226 e. The van der Waals surface area contributed by atoms with Crippen molar-refractivity contribution in [2.45, 2.75) is 26.7 Å². The summed E-state index contributed by atoms with van der Waals surface area (Å²) in [5.41, 5.74) is 3.34. The Morgan fingerprint density at radius 3 is 2.41 bits per heavy atom. The number of nitrogens with zero attached hydrogens (tertiary/aromatic N) is 1. The molecule has 0 aliphatic carbocycles. The molecule has 3 nitrogen and oxygen atoms in total. The fourth-order valence-corrected chi connectivity index (χ4v) is 1.76. The molecule has 1 amide bonds. The molecule has 1 aromatic carbocycles. The van der Waals surface area contributed by atoms with Crippen molar-refractivity contribution in [3.05, 3.63) is 28.8 Å². The highest BCUT2D eigenvalue weighted by atomic mass is 16.5. The predicted octanol–water partition coefficient (Wildman–Crippen LogP) is 2.20. The van der Waals surface area contributed by atoms with E-state index >= 15 is 0 Å². The zero-order chi connectivity index (χ0) is 13.0. The van der Waals surface area contributed by atoms with Crippen LogP contribution in [0.4, 0.5) is 0 Å². The number of benzene rings is 1. The standard InChI is InChI=1S/C14H21NO2/c1-6-11-8-12(9-14(16)15(3)4)10(2)7-13(11)17-5/h7-8H,6,9H2,1-5H3. The molecule has 0 aliphatic rings. The van der Waals surface area contributed by atoms with Crippen LogP contribution in [0.1, 0.15) is 23.6 Å². The Morgan fingerprint density at radius 2 is 1.94 bits per heavy atom. The van der Waals surface area contributed by atoms with E-state index in [0.29, 0.717) is 6.42 Å². The number of methoxy groups -OCH3 is 1. The molecule has 0 saturated heterocycles. The number of carbonyl (C=O) groups excluding carboxylic acids is 1. The average molecular weight is 235 g/mol. The summed E-state index contributed by atoms with van der Waals surface area (Å²) in [6.45, 7) is 4.10. The van der Waals surface area contributed by atoms with Gasteiger partial charge in [0.1, 0.15) is 5.75 Å². The summed E-state index contributed by atoms with van der Waals surface area (Å²) in [6, 6.07) is 4.09. The monoisotopic (exact) mass is 235 g/mol. The Balaban J connectivity index is 3.04. The quantitative estimate of drug-likeness (QED) is 0.800. The van der Waals surface area contributed by atoms with Gasteiger partial charge < -0.3 is 9.64 Å². The maximum atomic E-state index is 11.7. The van der Waals surface area contributed by atoms with Gasteiger partial charge in [0.25, 0.3) is 0 Å². The third-order valence-corrected chi connectivity index (χ3v) is 2.96. The largest absolute Gasteiger partial charge is 0.496 e. The lowest BCUT2D eigenvalue weighted by Crippen LogP contribution is -2.23. The minimum Gasteiger partial charge on any atom is -0.496 e. The van der Waals surface area contributed by atoms with Gasteiger partial charge in [-0.1, -0.05) is 13.0 Å². The van der Waals surface area contributed by atoms with Crippen molar-refractivity contribution < 1.29 is 9.53 Å². The van der Waals surface area contributed by atoms with Crippen molar-refractivity contribution in [3.63, 3.8) is 0 Å². The fourth-order valence-electron chi connectivity index (χ4n) is 1.76. The van der Waals surface area contributed by atoms with Gasteiger partial charge in [-0.05, 0) is 36.1 Å². The second kappa shape index (κ2) is 5.71. The van der Waals surface area contributed by atoms with E-state index in [4.69, 9.17) is 4.74 Å². The number of amides is 1. The van der Waals surface area contributed by atoms with Crippen molar-refractivity contribution in [2.24, 2.45) is 0 Å². The summed E-state index contributed by atoms with van der Waals surface area (Å²) < 4.78 is 5.33. The van der Waals surface area contributed by atoms with Crippen molar-refractivity contribution >= 4 is 5.91 Å². The maximum absolute atomic E-state index is 11.7. The molecule has 1 rings (SSSR count). The van der Waals surface area contributed by atoms with Gasteiger partial charge in [0.05, 0.1) is 13.5 Å². The first-order valence-corrected chi connectivity index (χ1v) is 5.86. The van der Waals surface area contributed by atoms with Crippen molar-refractivity contribution in [1.29, 1.82) is 0 Å². The average Bonchev–Trinajstić information content (AvgIpc) is 2.30. The molecule has 0 saturated carbocycles.